The van der Waals surface area contributed by atoms with Crippen LogP contribution in [0.15, 0.2) is 18.3 Å². The number of amides is 1. The molecule has 0 saturated carbocycles. The molecule has 1 heterocycles. The number of halogens is 1. The monoisotopic (exact) mass is 242 g/mol. The third-order valence-corrected chi connectivity index (χ3v) is 2.13. The van der Waals surface area contributed by atoms with Gasteiger partial charge in [-0.25, -0.2) is 9.78 Å². The van der Waals surface area contributed by atoms with Gasteiger partial charge in [-0.1, -0.05) is 17.7 Å². The number of nitrogens with zero attached hydrogens (tertiary/aromatic N) is 1. The van der Waals surface area contributed by atoms with Crippen LogP contribution in [0.3, 0.4) is 0 Å². The van der Waals surface area contributed by atoms with E-state index in [9.17, 15) is 9.59 Å². The van der Waals surface area contributed by atoms with Gasteiger partial charge >= 0.3 is 5.97 Å². The lowest BCUT2D eigenvalue weighted by Crippen LogP contribution is -2.41. The topological polar surface area (TPSA) is 79.3 Å². The molecule has 86 valence electrons. The second kappa shape index (κ2) is 5.46. The Kier molecular flexibility index (Phi) is 4.25. The molecule has 1 aromatic heterocycles. The van der Waals surface area contributed by atoms with E-state index in [1.54, 1.807) is 12.1 Å². The molecule has 1 rings (SSSR count). The van der Waals surface area contributed by atoms with Crippen molar-refractivity contribution in [2.75, 3.05) is 0 Å². The molecule has 16 heavy (non-hydrogen) atoms. The number of aromatic nitrogens is 1. The Morgan fingerprint density at radius 2 is 2.25 bits per heavy atom. The summed E-state index contributed by atoms with van der Waals surface area (Å²) in [5.41, 5.74) is 0.700. The van der Waals surface area contributed by atoms with Gasteiger partial charge in [-0.05, 0) is 11.6 Å². The molecule has 0 fully saturated rings. The summed E-state index contributed by atoms with van der Waals surface area (Å²) in [6.45, 7) is 1.27. The minimum atomic E-state index is -1.08. The van der Waals surface area contributed by atoms with E-state index in [0.717, 1.165) is 0 Å². The van der Waals surface area contributed by atoms with Crippen molar-refractivity contribution >= 4 is 23.5 Å². The fourth-order valence-electron chi connectivity index (χ4n) is 1.21. The van der Waals surface area contributed by atoms with Gasteiger partial charge in [0.1, 0.15) is 11.2 Å². The summed E-state index contributed by atoms with van der Waals surface area (Å²) in [5, 5.41) is 11.6. The first kappa shape index (κ1) is 12.4. The quantitative estimate of drug-likeness (QED) is 0.768. The normalized spacial score (nSPS) is 11.9. The van der Waals surface area contributed by atoms with E-state index in [4.69, 9.17) is 16.7 Å². The van der Waals surface area contributed by atoms with E-state index in [2.05, 4.69) is 10.3 Å². The molecule has 0 spiro atoms. The number of carboxylic acids is 1. The minimum Gasteiger partial charge on any atom is -0.480 e. The zero-order chi connectivity index (χ0) is 12.1. The molecule has 0 saturated heterocycles. The molecule has 0 aromatic carbocycles. The van der Waals surface area contributed by atoms with Gasteiger partial charge in [-0.15, -0.1) is 0 Å². The highest BCUT2D eigenvalue weighted by Gasteiger charge is 2.18. The molecule has 2 N–H and O–H groups in total. The van der Waals surface area contributed by atoms with Crippen molar-refractivity contribution in [2.45, 2.75) is 19.4 Å². The third kappa shape index (κ3) is 3.86. The lowest BCUT2D eigenvalue weighted by atomic mass is 10.1. The van der Waals surface area contributed by atoms with Crippen LogP contribution in [0.4, 0.5) is 0 Å². The van der Waals surface area contributed by atoms with Crippen LogP contribution in [0, 0.1) is 0 Å². The fraction of sp³-hybridized carbons (Fsp3) is 0.300. The largest absolute Gasteiger partial charge is 0.480 e. The summed E-state index contributed by atoms with van der Waals surface area (Å²) in [4.78, 5) is 25.5. The van der Waals surface area contributed by atoms with E-state index in [1.165, 1.54) is 13.1 Å². The molecule has 1 aromatic rings. The lowest BCUT2D eigenvalue weighted by molar-refractivity contribution is -0.141. The van der Waals surface area contributed by atoms with Crippen molar-refractivity contribution in [2.24, 2.45) is 0 Å². The predicted octanol–water partition coefficient (Wildman–Crippen LogP) is 0.867. The van der Waals surface area contributed by atoms with Gasteiger partial charge in [-0.2, -0.15) is 0 Å². The van der Waals surface area contributed by atoms with Crippen molar-refractivity contribution in [3.05, 3.63) is 29.0 Å². The minimum absolute atomic E-state index is 0.180. The molecule has 6 heteroatoms. The van der Waals surface area contributed by atoms with Gasteiger partial charge in [0.2, 0.25) is 5.91 Å². The van der Waals surface area contributed by atoms with Crippen LogP contribution in [0.5, 0.6) is 0 Å². The summed E-state index contributed by atoms with van der Waals surface area (Å²) in [7, 11) is 0. The highest BCUT2D eigenvalue weighted by atomic mass is 35.5. The number of aliphatic carboxylic acids is 1. The Labute approximate surface area is 97.4 Å². The van der Waals surface area contributed by atoms with E-state index in [-0.39, 0.29) is 12.3 Å². The fourth-order valence-corrected chi connectivity index (χ4v) is 1.32. The number of hydrogen-bond acceptors (Lipinski definition) is 3. The van der Waals surface area contributed by atoms with Crippen LogP contribution < -0.4 is 5.32 Å². The number of rotatable bonds is 4. The van der Waals surface area contributed by atoms with Crippen molar-refractivity contribution in [3.8, 4) is 0 Å². The molecule has 0 aliphatic heterocycles. The number of nitrogens with one attached hydrogen (secondary N) is 1. The van der Waals surface area contributed by atoms with E-state index in [1.807, 2.05) is 0 Å². The maximum atomic E-state index is 10.8. The molecule has 1 atom stereocenters. The molecule has 5 nitrogen and oxygen atoms in total. The number of carbonyl (C=O) groups excluding carboxylic acids is 1. The second-order valence-electron chi connectivity index (χ2n) is 3.28. The Morgan fingerprint density at radius 3 is 2.69 bits per heavy atom. The number of carbonyl (C=O) groups is 2. The molecular weight excluding hydrogens is 232 g/mol. The zero-order valence-electron chi connectivity index (χ0n) is 8.61. The summed E-state index contributed by atoms with van der Waals surface area (Å²) in [5.74, 6) is -1.46. The summed E-state index contributed by atoms with van der Waals surface area (Å²) in [6.07, 6.45) is 1.67. The lowest BCUT2D eigenvalue weighted by Gasteiger charge is -2.12. The van der Waals surface area contributed by atoms with Crippen LogP contribution in [0.1, 0.15) is 12.5 Å². The van der Waals surface area contributed by atoms with Gasteiger partial charge in [0, 0.05) is 19.5 Å². The van der Waals surface area contributed by atoms with Gasteiger partial charge in [0.25, 0.3) is 0 Å². The zero-order valence-corrected chi connectivity index (χ0v) is 9.36. The van der Waals surface area contributed by atoms with Gasteiger partial charge < -0.3 is 10.4 Å². The Balaban J connectivity index is 2.71. The summed E-state index contributed by atoms with van der Waals surface area (Å²) >= 11 is 5.60. The first-order valence-electron chi connectivity index (χ1n) is 4.59. The number of pyridine rings is 1. The highest BCUT2D eigenvalue weighted by Crippen LogP contribution is 2.07. The van der Waals surface area contributed by atoms with Crippen molar-refractivity contribution < 1.29 is 14.7 Å². The molecule has 0 aliphatic carbocycles. The van der Waals surface area contributed by atoms with E-state index in [0.29, 0.717) is 10.7 Å². The molecule has 0 aliphatic rings. The molecule has 0 unspecified atom stereocenters. The van der Waals surface area contributed by atoms with Gasteiger partial charge in [0.15, 0.2) is 0 Å². The van der Waals surface area contributed by atoms with Crippen molar-refractivity contribution in [1.29, 1.82) is 0 Å². The van der Waals surface area contributed by atoms with Gasteiger partial charge in [-0.3, -0.25) is 4.79 Å². The van der Waals surface area contributed by atoms with Crippen LogP contribution in [0.2, 0.25) is 5.15 Å². The summed E-state index contributed by atoms with van der Waals surface area (Å²) in [6, 6.07) is 2.30. The molecule has 1 amide bonds. The second-order valence-corrected chi connectivity index (χ2v) is 3.67. The van der Waals surface area contributed by atoms with E-state index >= 15 is 0 Å². The molecule has 0 bridgehead atoms. The number of hydrogen-bond donors (Lipinski definition) is 2. The summed E-state index contributed by atoms with van der Waals surface area (Å²) < 4.78 is 0. The smallest absolute Gasteiger partial charge is 0.326 e. The number of carboxylic acid groups (broad SMARTS) is 1. The van der Waals surface area contributed by atoms with Crippen LogP contribution in [-0.4, -0.2) is 28.0 Å². The maximum absolute atomic E-state index is 10.8. The first-order valence-corrected chi connectivity index (χ1v) is 4.97. The molecule has 0 radical (unpaired) electrons. The van der Waals surface area contributed by atoms with Crippen LogP contribution >= 0.6 is 11.6 Å². The highest BCUT2D eigenvalue weighted by molar-refractivity contribution is 6.29. The Hall–Kier alpha value is -1.62. The SMILES string of the molecule is CC(=O)N[C@@H](Cc1ccc(Cl)nc1)C(=O)O. The van der Waals surface area contributed by atoms with Crippen molar-refractivity contribution in [3.63, 3.8) is 0 Å². The average molecular weight is 243 g/mol. The molecular formula is C10H11ClN2O3. The van der Waals surface area contributed by atoms with Crippen molar-refractivity contribution in [1.82, 2.24) is 10.3 Å². The predicted molar refractivity (Wildman–Crippen MR) is 58.2 cm³/mol. The van der Waals surface area contributed by atoms with Crippen LogP contribution in [-0.2, 0) is 16.0 Å². The van der Waals surface area contributed by atoms with Crippen LogP contribution in [0.25, 0.3) is 0 Å². The third-order valence-electron chi connectivity index (χ3n) is 1.90. The Morgan fingerprint density at radius 1 is 1.56 bits per heavy atom. The maximum Gasteiger partial charge on any atom is 0.326 e. The van der Waals surface area contributed by atoms with E-state index < -0.39 is 12.0 Å². The Bertz CT molecular complexity index is 392. The average Bonchev–Trinajstić information content (AvgIpc) is 2.19. The first-order chi connectivity index (χ1) is 7.49. The standard InChI is InChI=1S/C10H11ClN2O3/c1-6(14)13-8(10(15)16)4-7-2-3-9(11)12-5-7/h2-3,5,8H,4H2,1H3,(H,13,14)(H,15,16)/t8-/m0/s1. The van der Waals surface area contributed by atoms with Gasteiger partial charge in [0.05, 0.1) is 0 Å².